The van der Waals surface area contributed by atoms with Crippen LogP contribution in [-0.4, -0.2) is 10.8 Å². The molecule has 20 heavy (non-hydrogen) atoms. The highest BCUT2D eigenvalue weighted by Gasteiger charge is 2.18. The van der Waals surface area contributed by atoms with Crippen LogP contribution < -0.4 is 5.32 Å². The van der Waals surface area contributed by atoms with Gasteiger partial charge in [0.2, 0.25) is 5.91 Å². The van der Waals surface area contributed by atoms with Crippen molar-refractivity contribution < 1.29 is 9.72 Å². The van der Waals surface area contributed by atoms with Crippen molar-refractivity contribution in [1.82, 2.24) is 0 Å². The molecule has 0 aromatic heterocycles. The van der Waals surface area contributed by atoms with Gasteiger partial charge in [-0.2, -0.15) is 0 Å². The zero-order valence-corrected chi connectivity index (χ0v) is 11.1. The van der Waals surface area contributed by atoms with E-state index in [2.05, 4.69) is 5.32 Å². The van der Waals surface area contributed by atoms with Crippen LogP contribution in [0.25, 0.3) is 0 Å². The first-order valence-corrected chi connectivity index (χ1v) is 6.26. The van der Waals surface area contributed by atoms with Gasteiger partial charge in [0.15, 0.2) is 0 Å². The van der Waals surface area contributed by atoms with E-state index in [1.54, 1.807) is 30.3 Å². The molecule has 1 N–H and O–H groups in total. The topological polar surface area (TPSA) is 72.2 Å². The summed E-state index contributed by atoms with van der Waals surface area (Å²) in [5, 5.41) is 12.4. The van der Waals surface area contributed by atoms with E-state index in [0.29, 0.717) is 11.3 Å². The van der Waals surface area contributed by atoms with Crippen LogP contribution in [0.5, 0.6) is 0 Å². The number of nitrogens with one attached hydrogen (secondary N) is 1. The predicted molar refractivity (Wildman–Crippen MR) is 76.8 cm³/mol. The van der Waals surface area contributed by atoms with E-state index in [-0.39, 0.29) is 5.69 Å². The van der Waals surface area contributed by atoms with E-state index < -0.39 is 16.2 Å². The van der Waals surface area contributed by atoms with Crippen molar-refractivity contribution in [2.24, 2.45) is 0 Å². The minimum absolute atomic E-state index is 0.0892. The summed E-state index contributed by atoms with van der Waals surface area (Å²) >= 11 is 6.06. The normalized spacial score (nSPS) is 11.7. The number of carbonyl (C=O) groups excluding carboxylic acids is 1. The van der Waals surface area contributed by atoms with Crippen molar-refractivity contribution in [3.63, 3.8) is 0 Å². The molecule has 0 aliphatic heterocycles. The molecule has 1 unspecified atom stereocenters. The number of benzene rings is 2. The van der Waals surface area contributed by atoms with E-state index in [9.17, 15) is 14.9 Å². The number of nitrogens with zero attached hydrogens (tertiary/aromatic N) is 1. The van der Waals surface area contributed by atoms with Gasteiger partial charge in [-0.25, -0.2) is 0 Å². The van der Waals surface area contributed by atoms with Gasteiger partial charge in [-0.3, -0.25) is 14.9 Å². The van der Waals surface area contributed by atoms with E-state index >= 15 is 0 Å². The summed E-state index contributed by atoms with van der Waals surface area (Å²) in [6, 6.07) is 14.6. The number of amides is 1. The number of non-ortho nitro benzene ring substituents is 1. The Morgan fingerprint density at radius 1 is 1.15 bits per heavy atom. The van der Waals surface area contributed by atoms with Gasteiger partial charge in [0.25, 0.3) is 5.69 Å². The van der Waals surface area contributed by atoms with E-state index in [0.717, 1.165) is 0 Å². The third-order valence-corrected chi connectivity index (χ3v) is 3.10. The van der Waals surface area contributed by atoms with Crippen LogP contribution in [0.1, 0.15) is 10.9 Å². The van der Waals surface area contributed by atoms with Gasteiger partial charge in [0.05, 0.1) is 4.92 Å². The first kappa shape index (κ1) is 14.0. The molecule has 102 valence electrons. The second-order valence-corrected chi connectivity index (χ2v) is 4.51. The highest BCUT2D eigenvalue weighted by molar-refractivity contribution is 6.32. The molecule has 2 rings (SSSR count). The minimum atomic E-state index is -0.851. The lowest BCUT2D eigenvalue weighted by Crippen LogP contribution is -2.17. The molecule has 1 atom stereocenters. The summed E-state index contributed by atoms with van der Waals surface area (Å²) < 4.78 is 0. The van der Waals surface area contributed by atoms with Crippen molar-refractivity contribution in [1.29, 1.82) is 0 Å². The monoisotopic (exact) mass is 290 g/mol. The molecule has 0 bridgehead atoms. The number of anilines is 1. The molecule has 0 fully saturated rings. The molecule has 0 saturated heterocycles. The standard InChI is InChI=1S/C14H11ClN2O3/c15-13(10-5-2-1-3-6-10)14(18)16-11-7-4-8-12(9-11)17(19)20/h1-9,13H,(H,16,18). The molecule has 0 spiro atoms. The molecular formula is C14H11ClN2O3. The van der Waals surface area contributed by atoms with Gasteiger partial charge in [-0.05, 0) is 11.6 Å². The van der Waals surface area contributed by atoms with Crippen molar-refractivity contribution in [2.75, 3.05) is 5.32 Å². The lowest BCUT2D eigenvalue weighted by Gasteiger charge is -2.10. The van der Waals surface area contributed by atoms with Crippen molar-refractivity contribution >= 4 is 28.9 Å². The third-order valence-electron chi connectivity index (χ3n) is 2.65. The van der Waals surface area contributed by atoms with E-state index in [1.165, 1.54) is 18.2 Å². The Kier molecular flexibility index (Phi) is 4.32. The SMILES string of the molecule is O=C(Nc1cccc([N+](=O)[O-])c1)C(Cl)c1ccccc1. The fourth-order valence-corrected chi connectivity index (χ4v) is 1.88. The number of nitro groups is 1. The van der Waals surface area contributed by atoms with Crippen molar-refractivity contribution in [2.45, 2.75) is 5.38 Å². The molecule has 1 amide bonds. The first-order chi connectivity index (χ1) is 9.58. The molecule has 0 aliphatic rings. The lowest BCUT2D eigenvalue weighted by molar-refractivity contribution is -0.384. The number of alkyl halides is 1. The molecule has 0 saturated carbocycles. The smallest absolute Gasteiger partial charge is 0.271 e. The highest BCUT2D eigenvalue weighted by atomic mass is 35.5. The Bertz CT molecular complexity index is 631. The van der Waals surface area contributed by atoms with Gasteiger partial charge in [0, 0.05) is 17.8 Å². The zero-order valence-electron chi connectivity index (χ0n) is 10.3. The minimum Gasteiger partial charge on any atom is -0.324 e. The molecule has 0 aliphatic carbocycles. The van der Waals surface area contributed by atoms with Crippen LogP contribution in [0.4, 0.5) is 11.4 Å². The highest BCUT2D eigenvalue weighted by Crippen LogP contribution is 2.23. The van der Waals surface area contributed by atoms with E-state index in [4.69, 9.17) is 11.6 Å². The second-order valence-electron chi connectivity index (χ2n) is 4.07. The number of rotatable bonds is 4. The van der Waals surface area contributed by atoms with Crippen molar-refractivity contribution in [3.8, 4) is 0 Å². The molecule has 2 aromatic rings. The van der Waals surface area contributed by atoms with Gasteiger partial charge in [0.1, 0.15) is 5.38 Å². The summed E-state index contributed by atoms with van der Waals surface area (Å²) in [5.74, 6) is -0.432. The summed E-state index contributed by atoms with van der Waals surface area (Å²) in [5.41, 5.74) is 0.913. The molecule has 0 heterocycles. The predicted octanol–water partition coefficient (Wildman–Crippen LogP) is 3.51. The Labute approximate surface area is 120 Å². The zero-order chi connectivity index (χ0) is 14.5. The number of halogens is 1. The van der Waals surface area contributed by atoms with Crippen LogP contribution in [0.3, 0.4) is 0 Å². The number of nitro benzene ring substituents is 1. The molecule has 5 nitrogen and oxygen atoms in total. The second kappa shape index (κ2) is 6.16. The molecule has 2 aromatic carbocycles. The Balaban J connectivity index is 2.12. The number of carbonyl (C=O) groups is 1. The molecule has 6 heteroatoms. The van der Waals surface area contributed by atoms with Crippen LogP contribution in [0.15, 0.2) is 54.6 Å². The van der Waals surface area contributed by atoms with Gasteiger partial charge >= 0.3 is 0 Å². The van der Waals surface area contributed by atoms with Crippen LogP contribution in [-0.2, 0) is 4.79 Å². The van der Waals surface area contributed by atoms with Crippen LogP contribution >= 0.6 is 11.6 Å². The van der Waals surface area contributed by atoms with Gasteiger partial charge in [-0.15, -0.1) is 11.6 Å². The lowest BCUT2D eigenvalue weighted by atomic mass is 10.1. The fourth-order valence-electron chi connectivity index (χ4n) is 1.68. The maximum absolute atomic E-state index is 12.0. The molecule has 0 radical (unpaired) electrons. The first-order valence-electron chi connectivity index (χ1n) is 5.82. The fraction of sp³-hybridized carbons (Fsp3) is 0.0714. The summed E-state index contributed by atoms with van der Waals surface area (Å²) in [4.78, 5) is 22.1. The summed E-state index contributed by atoms with van der Waals surface area (Å²) in [7, 11) is 0. The summed E-state index contributed by atoms with van der Waals surface area (Å²) in [6.45, 7) is 0. The largest absolute Gasteiger partial charge is 0.324 e. The van der Waals surface area contributed by atoms with Crippen molar-refractivity contribution in [3.05, 3.63) is 70.3 Å². The molecular weight excluding hydrogens is 280 g/mol. The maximum atomic E-state index is 12.0. The van der Waals surface area contributed by atoms with E-state index in [1.807, 2.05) is 6.07 Å². The Hall–Kier alpha value is -2.40. The average molecular weight is 291 g/mol. The van der Waals surface area contributed by atoms with Crippen LogP contribution in [0, 0.1) is 10.1 Å². The van der Waals surface area contributed by atoms with Crippen LogP contribution in [0.2, 0.25) is 0 Å². The van der Waals surface area contributed by atoms with Gasteiger partial charge in [-0.1, -0.05) is 36.4 Å². The Morgan fingerprint density at radius 3 is 2.50 bits per heavy atom. The summed E-state index contributed by atoms with van der Waals surface area (Å²) in [6.07, 6.45) is 0. The quantitative estimate of drug-likeness (QED) is 0.532. The maximum Gasteiger partial charge on any atom is 0.271 e. The Morgan fingerprint density at radius 2 is 1.85 bits per heavy atom. The number of hydrogen-bond acceptors (Lipinski definition) is 3. The third kappa shape index (κ3) is 3.33. The average Bonchev–Trinajstić information content (AvgIpc) is 2.47. The number of hydrogen-bond donors (Lipinski definition) is 1. The van der Waals surface area contributed by atoms with Gasteiger partial charge < -0.3 is 5.32 Å².